The van der Waals surface area contributed by atoms with Crippen molar-refractivity contribution in [2.45, 2.75) is 26.3 Å². The monoisotopic (exact) mass is 226 g/mol. The molecule has 0 saturated carbocycles. The highest BCUT2D eigenvalue weighted by molar-refractivity contribution is 6.33. The van der Waals surface area contributed by atoms with Gasteiger partial charge in [-0.25, -0.2) is 0 Å². The number of pyridine rings is 1. The number of hydrogen-bond donors (Lipinski definition) is 0. The molecule has 0 unspecified atom stereocenters. The number of aromatic nitrogens is 1. The van der Waals surface area contributed by atoms with Crippen LogP contribution >= 0.6 is 11.6 Å². The van der Waals surface area contributed by atoms with E-state index in [1.54, 1.807) is 24.2 Å². The maximum Gasteiger partial charge on any atom is 0.257 e. The standard InChI is InChI=1S/C11H15ClN2O/c1-11(2,3)14(4)10(15)8-7-13-6-5-9(8)12/h5-7H,1-4H3. The third-order valence-electron chi connectivity index (χ3n) is 2.31. The smallest absolute Gasteiger partial charge is 0.257 e. The highest BCUT2D eigenvalue weighted by Crippen LogP contribution is 2.19. The van der Waals surface area contributed by atoms with Crippen molar-refractivity contribution in [2.24, 2.45) is 0 Å². The molecule has 0 bridgehead atoms. The largest absolute Gasteiger partial charge is 0.337 e. The summed E-state index contributed by atoms with van der Waals surface area (Å²) < 4.78 is 0. The van der Waals surface area contributed by atoms with Gasteiger partial charge in [0, 0.05) is 25.0 Å². The van der Waals surface area contributed by atoms with Gasteiger partial charge in [0.2, 0.25) is 0 Å². The van der Waals surface area contributed by atoms with E-state index in [0.29, 0.717) is 10.6 Å². The van der Waals surface area contributed by atoms with E-state index >= 15 is 0 Å². The van der Waals surface area contributed by atoms with Crippen molar-refractivity contribution < 1.29 is 4.79 Å². The number of nitrogens with zero attached hydrogens (tertiary/aromatic N) is 2. The lowest BCUT2D eigenvalue weighted by Gasteiger charge is -2.32. The van der Waals surface area contributed by atoms with E-state index in [1.165, 1.54) is 6.20 Å². The van der Waals surface area contributed by atoms with E-state index in [9.17, 15) is 4.79 Å². The fourth-order valence-corrected chi connectivity index (χ4v) is 1.21. The van der Waals surface area contributed by atoms with Crippen LogP contribution in [0.1, 0.15) is 31.1 Å². The average Bonchev–Trinajstić information content (AvgIpc) is 2.15. The van der Waals surface area contributed by atoms with Gasteiger partial charge < -0.3 is 4.90 Å². The first-order valence-electron chi connectivity index (χ1n) is 4.71. The van der Waals surface area contributed by atoms with E-state index in [1.807, 2.05) is 20.8 Å². The maximum absolute atomic E-state index is 12.0. The first kappa shape index (κ1) is 12.0. The molecule has 82 valence electrons. The Bertz CT molecular complexity index is 371. The first-order chi connectivity index (χ1) is 6.84. The van der Waals surface area contributed by atoms with Crippen LogP contribution in [0.4, 0.5) is 0 Å². The van der Waals surface area contributed by atoms with E-state index in [2.05, 4.69) is 4.98 Å². The Morgan fingerprint density at radius 2 is 2.07 bits per heavy atom. The van der Waals surface area contributed by atoms with E-state index in [-0.39, 0.29) is 11.4 Å². The van der Waals surface area contributed by atoms with Crippen molar-refractivity contribution in [2.75, 3.05) is 7.05 Å². The average molecular weight is 227 g/mol. The minimum atomic E-state index is -0.226. The van der Waals surface area contributed by atoms with Crippen LogP contribution in [0.15, 0.2) is 18.5 Å². The number of amides is 1. The van der Waals surface area contributed by atoms with Crippen LogP contribution in [-0.2, 0) is 0 Å². The molecule has 1 aromatic rings. The van der Waals surface area contributed by atoms with Gasteiger partial charge in [0.1, 0.15) is 0 Å². The summed E-state index contributed by atoms with van der Waals surface area (Å²) in [5.74, 6) is -0.111. The van der Waals surface area contributed by atoms with Crippen molar-refractivity contribution in [3.8, 4) is 0 Å². The van der Waals surface area contributed by atoms with Gasteiger partial charge in [0.15, 0.2) is 0 Å². The quantitative estimate of drug-likeness (QED) is 0.738. The van der Waals surface area contributed by atoms with Crippen LogP contribution in [0.2, 0.25) is 5.02 Å². The fraction of sp³-hybridized carbons (Fsp3) is 0.455. The summed E-state index contributed by atoms with van der Waals surface area (Å²) in [4.78, 5) is 17.6. The first-order valence-corrected chi connectivity index (χ1v) is 5.09. The molecular formula is C11H15ClN2O. The molecule has 0 atom stereocenters. The Morgan fingerprint density at radius 3 is 2.53 bits per heavy atom. The summed E-state index contributed by atoms with van der Waals surface area (Å²) >= 11 is 5.93. The van der Waals surface area contributed by atoms with Gasteiger partial charge in [-0.05, 0) is 26.8 Å². The van der Waals surface area contributed by atoms with E-state index in [4.69, 9.17) is 11.6 Å². The summed E-state index contributed by atoms with van der Waals surface area (Å²) in [6, 6.07) is 1.62. The molecule has 3 nitrogen and oxygen atoms in total. The molecule has 0 radical (unpaired) electrons. The van der Waals surface area contributed by atoms with Crippen LogP contribution < -0.4 is 0 Å². The van der Waals surface area contributed by atoms with Crippen molar-refractivity contribution in [3.63, 3.8) is 0 Å². The van der Waals surface area contributed by atoms with Crippen molar-refractivity contribution in [3.05, 3.63) is 29.0 Å². The molecule has 1 heterocycles. The predicted octanol–water partition coefficient (Wildman–Crippen LogP) is 2.61. The number of hydrogen-bond acceptors (Lipinski definition) is 2. The van der Waals surface area contributed by atoms with Crippen molar-refractivity contribution in [1.29, 1.82) is 0 Å². The van der Waals surface area contributed by atoms with Gasteiger partial charge in [0.05, 0.1) is 10.6 Å². The van der Waals surface area contributed by atoms with E-state index in [0.717, 1.165) is 0 Å². The zero-order valence-corrected chi connectivity index (χ0v) is 10.2. The molecule has 0 aliphatic heterocycles. The number of carbonyl (C=O) groups is 1. The third-order valence-corrected chi connectivity index (χ3v) is 2.64. The lowest BCUT2D eigenvalue weighted by molar-refractivity contribution is 0.0655. The lowest BCUT2D eigenvalue weighted by Crippen LogP contribution is -2.42. The van der Waals surface area contributed by atoms with Gasteiger partial charge >= 0.3 is 0 Å². The van der Waals surface area contributed by atoms with Gasteiger partial charge in [-0.3, -0.25) is 9.78 Å². The zero-order chi connectivity index (χ0) is 11.6. The Balaban J connectivity index is 3.01. The van der Waals surface area contributed by atoms with E-state index < -0.39 is 0 Å². The second-order valence-electron chi connectivity index (χ2n) is 4.39. The summed E-state index contributed by atoms with van der Waals surface area (Å²) in [5, 5.41) is 0.436. The molecule has 1 aromatic heterocycles. The molecular weight excluding hydrogens is 212 g/mol. The molecule has 0 aromatic carbocycles. The summed E-state index contributed by atoms with van der Waals surface area (Å²) in [5.41, 5.74) is 0.215. The molecule has 0 N–H and O–H groups in total. The Labute approximate surface area is 95.1 Å². The molecule has 0 aliphatic carbocycles. The van der Waals surface area contributed by atoms with Crippen LogP contribution in [0.3, 0.4) is 0 Å². The normalized spacial score (nSPS) is 11.3. The molecule has 1 rings (SSSR count). The molecule has 0 fully saturated rings. The summed E-state index contributed by atoms with van der Waals surface area (Å²) in [6.45, 7) is 5.90. The predicted molar refractivity (Wildman–Crippen MR) is 61.1 cm³/mol. The molecule has 0 spiro atoms. The SMILES string of the molecule is CN(C(=O)c1cnccc1Cl)C(C)(C)C. The molecule has 0 aliphatic rings. The minimum absolute atomic E-state index is 0.111. The summed E-state index contributed by atoms with van der Waals surface area (Å²) in [6.07, 6.45) is 3.06. The molecule has 0 saturated heterocycles. The van der Waals surface area contributed by atoms with Gasteiger partial charge in [-0.1, -0.05) is 11.6 Å². The number of halogens is 1. The molecule has 15 heavy (non-hydrogen) atoms. The Kier molecular flexibility index (Phi) is 3.35. The van der Waals surface area contributed by atoms with Crippen molar-refractivity contribution in [1.82, 2.24) is 9.88 Å². The van der Waals surface area contributed by atoms with Crippen molar-refractivity contribution >= 4 is 17.5 Å². The fourth-order valence-electron chi connectivity index (χ4n) is 1.02. The Hall–Kier alpha value is -1.09. The molecule has 1 amide bonds. The van der Waals surface area contributed by atoms with Crippen LogP contribution in [0.25, 0.3) is 0 Å². The van der Waals surface area contributed by atoms with Gasteiger partial charge in [-0.15, -0.1) is 0 Å². The number of carbonyl (C=O) groups excluding carboxylic acids is 1. The summed E-state index contributed by atoms with van der Waals surface area (Å²) in [7, 11) is 1.76. The minimum Gasteiger partial charge on any atom is -0.337 e. The maximum atomic E-state index is 12.0. The van der Waals surface area contributed by atoms with Crippen LogP contribution in [0.5, 0.6) is 0 Å². The van der Waals surface area contributed by atoms with Gasteiger partial charge in [0.25, 0.3) is 5.91 Å². The molecule has 4 heteroatoms. The highest BCUT2D eigenvalue weighted by Gasteiger charge is 2.24. The highest BCUT2D eigenvalue weighted by atomic mass is 35.5. The Morgan fingerprint density at radius 1 is 1.47 bits per heavy atom. The third kappa shape index (κ3) is 2.69. The van der Waals surface area contributed by atoms with Gasteiger partial charge in [-0.2, -0.15) is 0 Å². The second-order valence-corrected chi connectivity index (χ2v) is 4.80. The lowest BCUT2D eigenvalue weighted by atomic mass is 10.1. The van der Waals surface area contributed by atoms with Crippen LogP contribution in [0, 0.1) is 0 Å². The second kappa shape index (κ2) is 4.19. The zero-order valence-electron chi connectivity index (χ0n) is 9.41. The number of rotatable bonds is 1. The van der Waals surface area contributed by atoms with Crippen LogP contribution in [-0.4, -0.2) is 28.4 Å². The topological polar surface area (TPSA) is 33.2 Å².